The van der Waals surface area contributed by atoms with Gasteiger partial charge in [-0.15, -0.1) is 0 Å². The van der Waals surface area contributed by atoms with Crippen molar-refractivity contribution in [3.05, 3.63) is 63.8 Å². The molecule has 0 aliphatic carbocycles. The average molecular weight is 429 g/mol. The second-order valence-electron chi connectivity index (χ2n) is 7.91. The molecular formula is C23H25BrO3. The molecule has 0 bridgehead atoms. The van der Waals surface area contributed by atoms with Crippen LogP contribution in [0.15, 0.2) is 52.7 Å². The van der Waals surface area contributed by atoms with Gasteiger partial charge in [-0.25, -0.2) is 0 Å². The van der Waals surface area contributed by atoms with Crippen LogP contribution in [0.5, 0.6) is 0 Å². The third-order valence-electron chi connectivity index (χ3n) is 5.03. The highest BCUT2D eigenvalue weighted by Crippen LogP contribution is 2.41. The number of halogens is 1. The molecule has 1 aliphatic heterocycles. The minimum absolute atomic E-state index is 0.00511. The molecule has 2 aromatic carbocycles. The van der Waals surface area contributed by atoms with Crippen LogP contribution in [0.25, 0.3) is 16.7 Å². The van der Waals surface area contributed by atoms with Crippen LogP contribution >= 0.6 is 15.9 Å². The van der Waals surface area contributed by atoms with E-state index in [1.807, 2.05) is 36.4 Å². The van der Waals surface area contributed by atoms with E-state index in [-0.39, 0.29) is 11.5 Å². The number of Topliss-reactive ketones (excluding diaryl/α,β-unsaturated/α-hetero) is 1. The van der Waals surface area contributed by atoms with Gasteiger partial charge in [0, 0.05) is 4.47 Å². The van der Waals surface area contributed by atoms with E-state index in [2.05, 4.69) is 28.9 Å². The number of aliphatic hydroxyl groups excluding tert-OH is 1. The molecule has 0 saturated heterocycles. The summed E-state index contributed by atoms with van der Waals surface area (Å²) in [5.41, 5.74) is 2.32. The molecule has 27 heavy (non-hydrogen) atoms. The van der Waals surface area contributed by atoms with Crippen LogP contribution < -0.4 is 0 Å². The number of aliphatic hydroxyl groups is 1. The molecule has 2 aromatic rings. The first-order chi connectivity index (χ1) is 12.6. The normalized spacial score (nSPS) is 18.7. The first-order valence-electron chi connectivity index (χ1n) is 9.15. The van der Waals surface area contributed by atoms with E-state index in [1.54, 1.807) is 27.7 Å². The van der Waals surface area contributed by atoms with Crippen molar-refractivity contribution in [1.29, 1.82) is 0 Å². The zero-order chi connectivity index (χ0) is 20.0. The van der Waals surface area contributed by atoms with Gasteiger partial charge in [-0.3, -0.25) is 4.79 Å². The van der Waals surface area contributed by atoms with Crippen molar-refractivity contribution in [2.45, 2.75) is 52.2 Å². The second kappa shape index (κ2) is 6.92. The number of rotatable bonds is 3. The van der Waals surface area contributed by atoms with Gasteiger partial charge in [-0.1, -0.05) is 47.1 Å². The molecule has 0 spiro atoms. The lowest BCUT2D eigenvalue weighted by atomic mass is 9.80. The number of aryl methyl sites for hydroxylation is 1. The maximum atomic E-state index is 13.2. The fraction of sp³-hybridized carbons (Fsp3) is 0.348. The lowest BCUT2D eigenvalue weighted by molar-refractivity contribution is -0.158. The van der Waals surface area contributed by atoms with Gasteiger partial charge in [-0.05, 0) is 74.6 Å². The average Bonchev–Trinajstić information content (AvgIpc) is 2.60. The number of hydrogen-bond donors (Lipinski definition) is 1. The fourth-order valence-electron chi connectivity index (χ4n) is 3.63. The highest BCUT2D eigenvalue weighted by atomic mass is 79.9. The van der Waals surface area contributed by atoms with Crippen LogP contribution in [0.1, 0.15) is 45.7 Å². The maximum absolute atomic E-state index is 13.2. The molecule has 1 N–H and O–H groups in total. The summed E-state index contributed by atoms with van der Waals surface area (Å²) in [6.45, 7) is 9.15. The zero-order valence-corrected chi connectivity index (χ0v) is 18.0. The van der Waals surface area contributed by atoms with Gasteiger partial charge in [0.25, 0.3) is 0 Å². The first-order valence-corrected chi connectivity index (χ1v) is 9.94. The van der Waals surface area contributed by atoms with Crippen molar-refractivity contribution >= 4 is 27.3 Å². The van der Waals surface area contributed by atoms with Gasteiger partial charge >= 0.3 is 0 Å². The fourth-order valence-corrected chi connectivity index (χ4v) is 3.90. The molecule has 1 aliphatic rings. The third kappa shape index (κ3) is 3.61. The Labute approximate surface area is 169 Å². The van der Waals surface area contributed by atoms with E-state index in [9.17, 15) is 9.90 Å². The quantitative estimate of drug-likeness (QED) is 0.641. The SMILES string of the molecule is CCc1ccc(-c2ccc(Br)cc2)cc1C1=C(O)C(C)(C)OC(C)(C)C1=O. The predicted molar refractivity (Wildman–Crippen MR) is 113 cm³/mol. The van der Waals surface area contributed by atoms with E-state index in [1.165, 1.54) is 0 Å². The minimum atomic E-state index is -0.996. The number of ether oxygens (including phenoxy) is 1. The van der Waals surface area contributed by atoms with Gasteiger partial charge in [0.2, 0.25) is 0 Å². The van der Waals surface area contributed by atoms with Gasteiger partial charge < -0.3 is 9.84 Å². The summed E-state index contributed by atoms with van der Waals surface area (Å²) in [6, 6.07) is 14.1. The van der Waals surface area contributed by atoms with Gasteiger partial charge in [0.15, 0.2) is 5.78 Å². The summed E-state index contributed by atoms with van der Waals surface area (Å²) in [5, 5.41) is 10.9. The summed E-state index contributed by atoms with van der Waals surface area (Å²) in [7, 11) is 0. The summed E-state index contributed by atoms with van der Waals surface area (Å²) in [4.78, 5) is 13.2. The van der Waals surface area contributed by atoms with Crippen LogP contribution in [0, 0.1) is 0 Å². The Morgan fingerprint density at radius 2 is 1.56 bits per heavy atom. The first kappa shape index (κ1) is 19.8. The lowest BCUT2D eigenvalue weighted by Gasteiger charge is -2.40. The van der Waals surface area contributed by atoms with Crippen molar-refractivity contribution in [3.8, 4) is 11.1 Å². The number of carbonyl (C=O) groups is 1. The molecule has 4 heteroatoms. The maximum Gasteiger partial charge on any atom is 0.198 e. The molecule has 3 nitrogen and oxygen atoms in total. The predicted octanol–water partition coefficient (Wildman–Crippen LogP) is 6.10. The molecular weight excluding hydrogens is 404 g/mol. The second-order valence-corrected chi connectivity index (χ2v) is 8.82. The molecule has 0 amide bonds. The molecule has 0 atom stereocenters. The molecule has 0 unspecified atom stereocenters. The van der Waals surface area contributed by atoms with E-state index < -0.39 is 11.2 Å². The van der Waals surface area contributed by atoms with Crippen LogP contribution in [-0.4, -0.2) is 22.1 Å². The Hall–Kier alpha value is -1.91. The van der Waals surface area contributed by atoms with Crippen molar-refractivity contribution in [2.24, 2.45) is 0 Å². The number of ketones is 1. The Morgan fingerprint density at radius 1 is 0.963 bits per heavy atom. The third-order valence-corrected chi connectivity index (χ3v) is 5.56. The molecule has 0 radical (unpaired) electrons. The largest absolute Gasteiger partial charge is 0.508 e. The number of benzene rings is 2. The zero-order valence-electron chi connectivity index (χ0n) is 16.4. The number of carbonyl (C=O) groups excluding carboxylic acids is 1. The van der Waals surface area contributed by atoms with Crippen LogP contribution in [0.4, 0.5) is 0 Å². The Balaban J connectivity index is 2.24. The smallest absolute Gasteiger partial charge is 0.198 e. The summed E-state index contributed by atoms with van der Waals surface area (Å²) >= 11 is 3.46. The van der Waals surface area contributed by atoms with E-state index in [0.29, 0.717) is 5.57 Å². The lowest BCUT2D eigenvalue weighted by Crippen LogP contribution is -2.49. The summed E-state index contributed by atoms with van der Waals surface area (Å²) in [6.07, 6.45) is 0.766. The molecule has 0 fully saturated rings. The summed E-state index contributed by atoms with van der Waals surface area (Å²) in [5.74, 6) is -0.198. The Bertz CT molecular complexity index is 921. The standard InChI is InChI=1S/C23H25BrO3/c1-6-14-7-8-16(15-9-11-17(24)12-10-15)13-18(14)19-20(25)22(2,3)27-23(4,5)21(19)26/h7-13,25H,6H2,1-5H3. The molecule has 0 saturated carbocycles. The molecule has 3 rings (SSSR count). The van der Waals surface area contributed by atoms with Crippen LogP contribution in [0.2, 0.25) is 0 Å². The van der Waals surface area contributed by atoms with Gasteiger partial charge in [0.1, 0.15) is 17.0 Å². The number of hydrogen-bond acceptors (Lipinski definition) is 3. The molecule has 142 valence electrons. The molecule has 0 aromatic heterocycles. The van der Waals surface area contributed by atoms with Crippen LogP contribution in [0.3, 0.4) is 0 Å². The van der Waals surface area contributed by atoms with Gasteiger partial charge in [-0.2, -0.15) is 0 Å². The highest BCUT2D eigenvalue weighted by Gasteiger charge is 2.47. The van der Waals surface area contributed by atoms with Crippen molar-refractivity contribution < 1.29 is 14.6 Å². The highest BCUT2D eigenvalue weighted by molar-refractivity contribution is 9.10. The van der Waals surface area contributed by atoms with E-state index >= 15 is 0 Å². The Morgan fingerprint density at radius 3 is 2.15 bits per heavy atom. The Kier molecular flexibility index (Phi) is 5.08. The van der Waals surface area contributed by atoms with Crippen molar-refractivity contribution in [1.82, 2.24) is 0 Å². The monoisotopic (exact) mass is 428 g/mol. The minimum Gasteiger partial charge on any atom is -0.508 e. The summed E-state index contributed by atoms with van der Waals surface area (Å²) < 4.78 is 6.89. The molecule has 1 heterocycles. The van der Waals surface area contributed by atoms with E-state index in [0.717, 1.165) is 33.1 Å². The van der Waals surface area contributed by atoms with Crippen LogP contribution in [-0.2, 0) is 16.0 Å². The van der Waals surface area contributed by atoms with Gasteiger partial charge in [0.05, 0.1) is 5.57 Å². The van der Waals surface area contributed by atoms with E-state index in [4.69, 9.17) is 4.74 Å². The van der Waals surface area contributed by atoms with Crippen molar-refractivity contribution in [2.75, 3.05) is 0 Å². The topological polar surface area (TPSA) is 46.5 Å². The van der Waals surface area contributed by atoms with Crippen molar-refractivity contribution in [3.63, 3.8) is 0 Å².